The fraction of sp³-hybridized carbons (Fsp3) is 1.00. The van der Waals surface area contributed by atoms with Gasteiger partial charge in [0.2, 0.25) is 0 Å². The molecule has 0 aromatic carbocycles. The molecule has 0 bridgehead atoms. The maximum atomic E-state index is 5.95. The van der Waals surface area contributed by atoms with Gasteiger partial charge in [0.15, 0.2) is 8.32 Å². The van der Waals surface area contributed by atoms with Crippen molar-refractivity contribution in [2.45, 2.75) is 58.5 Å². The summed E-state index contributed by atoms with van der Waals surface area (Å²) in [5, 5.41) is 0. The van der Waals surface area contributed by atoms with Gasteiger partial charge in [-0.15, -0.1) is 0 Å². The van der Waals surface area contributed by atoms with E-state index in [1.807, 2.05) is 0 Å². The van der Waals surface area contributed by atoms with Crippen molar-refractivity contribution in [1.29, 1.82) is 0 Å². The summed E-state index contributed by atoms with van der Waals surface area (Å²) in [6.45, 7) is 15.1. The van der Waals surface area contributed by atoms with Gasteiger partial charge in [-0.05, 0) is 37.7 Å². The van der Waals surface area contributed by atoms with E-state index < -0.39 is 15.5 Å². The first kappa shape index (κ1) is 15.7. The van der Waals surface area contributed by atoms with Crippen LogP contribution in [-0.2, 0) is 4.43 Å². The van der Waals surface area contributed by atoms with Gasteiger partial charge in [0.05, 0.1) is 0 Å². The first-order chi connectivity index (χ1) is 6.77. The predicted octanol–water partition coefficient (Wildman–Crippen LogP) is 4.58. The molecule has 0 saturated carbocycles. The van der Waals surface area contributed by atoms with E-state index in [2.05, 4.69) is 50.9 Å². The summed E-state index contributed by atoms with van der Waals surface area (Å²) in [5.41, 5.74) is 0. The Kier molecular flexibility index (Phi) is 7.50. The van der Waals surface area contributed by atoms with Crippen LogP contribution in [0.4, 0.5) is 0 Å². The molecular formula is C11H28OSSi2. The molecule has 0 aliphatic rings. The van der Waals surface area contributed by atoms with E-state index in [4.69, 9.17) is 4.43 Å². The topological polar surface area (TPSA) is 9.23 Å². The molecular weight excluding hydrogens is 236 g/mol. The Morgan fingerprint density at radius 3 is 2.13 bits per heavy atom. The van der Waals surface area contributed by atoms with Crippen molar-refractivity contribution in [2.24, 2.45) is 0 Å². The van der Waals surface area contributed by atoms with Gasteiger partial charge in [-0.25, -0.2) is 0 Å². The van der Waals surface area contributed by atoms with Crippen LogP contribution in [0.5, 0.6) is 0 Å². The Bertz CT molecular complexity index is 166. The zero-order valence-corrected chi connectivity index (χ0v) is 14.2. The minimum atomic E-state index is -1.32. The molecule has 0 aromatic rings. The average Bonchev–Trinajstić information content (AvgIpc) is 2.08. The van der Waals surface area contributed by atoms with Crippen LogP contribution < -0.4 is 0 Å². The van der Waals surface area contributed by atoms with Gasteiger partial charge in [-0.3, -0.25) is 0 Å². The van der Waals surface area contributed by atoms with E-state index >= 15 is 0 Å². The molecule has 0 saturated heterocycles. The second-order valence-electron chi connectivity index (χ2n) is 5.67. The highest BCUT2D eigenvalue weighted by molar-refractivity contribution is 8.28. The summed E-state index contributed by atoms with van der Waals surface area (Å²) >= 11 is 2.20. The zero-order chi connectivity index (χ0) is 11.9. The van der Waals surface area contributed by atoms with E-state index in [0.717, 1.165) is 13.0 Å². The normalized spacial score (nSPS) is 13.2. The summed E-state index contributed by atoms with van der Waals surface area (Å²) < 4.78 is 5.95. The van der Waals surface area contributed by atoms with Crippen LogP contribution in [0.2, 0.25) is 38.8 Å². The van der Waals surface area contributed by atoms with Crippen LogP contribution in [0.15, 0.2) is 0 Å². The molecule has 0 N–H and O–H groups in total. The van der Waals surface area contributed by atoms with E-state index in [0.29, 0.717) is 0 Å². The van der Waals surface area contributed by atoms with Crippen molar-refractivity contribution in [1.82, 2.24) is 0 Å². The minimum absolute atomic E-state index is 0.888. The Balaban J connectivity index is 3.57. The van der Waals surface area contributed by atoms with Crippen molar-refractivity contribution < 1.29 is 4.43 Å². The predicted molar refractivity (Wildman–Crippen MR) is 79.0 cm³/mol. The Morgan fingerprint density at radius 1 is 1.07 bits per heavy atom. The van der Waals surface area contributed by atoms with Gasteiger partial charge >= 0.3 is 0 Å². The minimum Gasteiger partial charge on any atom is -0.417 e. The highest BCUT2D eigenvalue weighted by Crippen LogP contribution is 2.23. The molecule has 0 atom stereocenters. The Hall–Kier alpha value is 0.744. The zero-order valence-electron chi connectivity index (χ0n) is 11.4. The largest absolute Gasteiger partial charge is 0.417 e. The number of rotatable bonds is 8. The van der Waals surface area contributed by atoms with Crippen molar-refractivity contribution in [2.75, 3.05) is 12.4 Å². The van der Waals surface area contributed by atoms with Crippen molar-refractivity contribution in [3.63, 3.8) is 0 Å². The van der Waals surface area contributed by atoms with Gasteiger partial charge in [0.25, 0.3) is 0 Å². The van der Waals surface area contributed by atoms with Gasteiger partial charge in [-0.1, -0.05) is 26.6 Å². The standard InChI is InChI=1S/C11H28OSSi2/c1-7-9-12-15(5,6)11-8-10-13-14(2,3)4/h7-11H2,1-6H3. The molecule has 0 amide bonds. The van der Waals surface area contributed by atoms with Gasteiger partial charge in [-0.2, -0.15) is 11.2 Å². The van der Waals surface area contributed by atoms with Crippen molar-refractivity contribution in [3.05, 3.63) is 0 Å². The molecule has 0 fully saturated rings. The smallest absolute Gasteiger partial charge is 0.186 e. The lowest BCUT2D eigenvalue weighted by Crippen LogP contribution is -2.30. The molecule has 0 unspecified atom stereocenters. The molecule has 92 valence electrons. The second kappa shape index (κ2) is 7.14. The van der Waals surface area contributed by atoms with E-state index in [1.54, 1.807) is 0 Å². The summed E-state index contributed by atoms with van der Waals surface area (Å²) in [6.07, 6.45) is 2.50. The lowest BCUT2D eigenvalue weighted by atomic mass is 10.5. The SMILES string of the molecule is CCCO[Si](C)(C)CCCS[Si](C)(C)C. The average molecular weight is 265 g/mol. The fourth-order valence-electron chi connectivity index (χ4n) is 1.33. The maximum Gasteiger partial charge on any atom is 0.186 e. The second-order valence-corrected chi connectivity index (χ2v) is 19.4. The van der Waals surface area contributed by atoms with Crippen molar-refractivity contribution >= 4 is 26.8 Å². The highest BCUT2D eigenvalue weighted by Gasteiger charge is 2.22. The molecule has 4 heteroatoms. The Labute approximate surface area is 102 Å². The third-order valence-corrected chi connectivity index (χ3v) is 9.27. The van der Waals surface area contributed by atoms with E-state index in [9.17, 15) is 0 Å². The van der Waals surface area contributed by atoms with Crippen LogP contribution in [0.1, 0.15) is 19.8 Å². The summed E-state index contributed by atoms with van der Waals surface area (Å²) in [6, 6.07) is 1.32. The summed E-state index contributed by atoms with van der Waals surface area (Å²) in [4.78, 5) is 0. The van der Waals surface area contributed by atoms with Crippen LogP contribution in [-0.4, -0.2) is 27.9 Å². The Morgan fingerprint density at radius 2 is 1.67 bits per heavy atom. The van der Waals surface area contributed by atoms with Crippen LogP contribution in [0.3, 0.4) is 0 Å². The van der Waals surface area contributed by atoms with Gasteiger partial charge < -0.3 is 4.43 Å². The molecule has 0 spiro atoms. The molecule has 0 aliphatic heterocycles. The lowest BCUT2D eigenvalue weighted by molar-refractivity contribution is 0.306. The van der Waals surface area contributed by atoms with Crippen LogP contribution >= 0.6 is 11.2 Å². The quantitative estimate of drug-likeness (QED) is 0.469. The van der Waals surface area contributed by atoms with Gasteiger partial charge in [0, 0.05) is 6.61 Å². The van der Waals surface area contributed by atoms with E-state index in [-0.39, 0.29) is 0 Å². The van der Waals surface area contributed by atoms with E-state index in [1.165, 1.54) is 18.2 Å². The number of hydrogen-bond donors (Lipinski definition) is 0. The molecule has 0 aliphatic carbocycles. The lowest BCUT2D eigenvalue weighted by Gasteiger charge is -2.23. The molecule has 15 heavy (non-hydrogen) atoms. The summed E-state index contributed by atoms with van der Waals surface area (Å²) in [7, 11) is -2.21. The summed E-state index contributed by atoms with van der Waals surface area (Å²) in [5.74, 6) is 1.33. The van der Waals surface area contributed by atoms with Gasteiger partial charge in [0.1, 0.15) is 7.22 Å². The molecule has 0 aromatic heterocycles. The monoisotopic (exact) mass is 264 g/mol. The fourth-order valence-corrected chi connectivity index (χ4v) is 6.68. The maximum absolute atomic E-state index is 5.95. The molecule has 0 heterocycles. The first-order valence-corrected chi connectivity index (χ1v) is 14.4. The highest BCUT2D eigenvalue weighted by atomic mass is 32.4. The number of hydrogen-bond acceptors (Lipinski definition) is 2. The molecule has 1 nitrogen and oxygen atoms in total. The first-order valence-electron chi connectivity index (χ1n) is 6.05. The molecule has 0 rings (SSSR count). The van der Waals surface area contributed by atoms with Crippen LogP contribution in [0.25, 0.3) is 0 Å². The third kappa shape index (κ3) is 11.0. The van der Waals surface area contributed by atoms with Crippen LogP contribution in [0, 0.1) is 0 Å². The third-order valence-electron chi connectivity index (χ3n) is 2.16. The molecule has 0 radical (unpaired) electrons. The van der Waals surface area contributed by atoms with Crippen molar-refractivity contribution in [3.8, 4) is 0 Å².